The Kier molecular flexibility index (Phi) is 6.58. The highest BCUT2D eigenvalue weighted by atomic mass is 16.7. The van der Waals surface area contributed by atoms with Crippen molar-refractivity contribution in [1.82, 2.24) is 0 Å². The first kappa shape index (κ1) is 23.3. The lowest BCUT2D eigenvalue weighted by atomic mass is 9.75. The maximum absolute atomic E-state index is 12.6. The van der Waals surface area contributed by atoms with Crippen LogP contribution in [0.2, 0.25) is 0 Å². The highest BCUT2D eigenvalue weighted by Gasteiger charge is 2.44. The van der Waals surface area contributed by atoms with Crippen molar-refractivity contribution in [1.29, 1.82) is 0 Å². The van der Waals surface area contributed by atoms with Gasteiger partial charge in [-0.25, -0.2) is 0 Å². The molecule has 1 fully saturated rings. The summed E-state index contributed by atoms with van der Waals surface area (Å²) in [5, 5.41) is 10.4. The van der Waals surface area contributed by atoms with Crippen molar-refractivity contribution in [3.8, 4) is 34.5 Å². The van der Waals surface area contributed by atoms with E-state index in [2.05, 4.69) is 0 Å². The van der Waals surface area contributed by atoms with Gasteiger partial charge in [-0.3, -0.25) is 9.59 Å². The summed E-state index contributed by atoms with van der Waals surface area (Å²) in [6.07, 6.45) is 0. The van der Waals surface area contributed by atoms with Crippen LogP contribution < -0.4 is 23.7 Å². The monoisotopic (exact) mass is 474 g/mol. The molecule has 1 saturated heterocycles. The lowest BCUT2D eigenvalue weighted by molar-refractivity contribution is -0.148. The topological polar surface area (TPSA) is 119 Å². The minimum atomic E-state index is -0.712. The van der Waals surface area contributed by atoms with E-state index in [0.29, 0.717) is 22.8 Å². The van der Waals surface area contributed by atoms with E-state index in [-0.39, 0.29) is 37.3 Å². The Hall–Kier alpha value is -3.82. The second kappa shape index (κ2) is 9.58. The number of hydrogen-bond donors (Lipinski definition) is 1. The average Bonchev–Trinajstić information content (AvgIpc) is 3.44. The maximum Gasteiger partial charge on any atom is 0.312 e. The molecule has 0 unspecified atom stereocenters. The van der Waals surface area contributed by atoms with Crippen LogP contribution in [0.4, 0.5) is 0 Å². The number of phenolic OH excluding ortho intramolecular Hbond substituents is 1. The predicted molar refractivity (Wildman–Crippen MR) is 117 cm³/mol. The number of benzene rings is 2. The summed E-state index contributed by atoms with van der Waals surface area (Å²) in [6, 6.07) is 6.96. The molecule has 0 amide bonds. The molecule has 0 saturated carbocycles. The Morgan fingerprint density at radius 1 is 1.00 bits per heavy atom. The van der Waals surface area contributed by atoms with Crippen molar-refractivity contribution >= 4 is 11.9 Å². The van der Waals surface area contributed by atoms with Crippen molar-refractivity contribution < 1.29 is 47.9 Å². The Balaban J connectivity index is 1.88. The van der Waals surface area contributed by atoms with Crippen LogP contribution in [-0.4, -0.2) is 58.4 Å². The number of phenols is 1. The van der Waals surface area contributed by atoms with Gasteiger partial charge in [0.25, 0.3) is 0 Å². The fourth-order valence-electron chi connectivity index (χ4n) is 4.41. The smallest absolute Gasteiger partial charge is 0.312 e. The second-order valence-corrected chi connectivity index (χ2v) is 7.91. The Labute approximate surface area is 196 Å². The van der Waals surface area contributed by atoms with E-state index in [1.165, 1.54) is 28.3 Å². The van der Waals surface area contributed by atoms with Gasteiger partial charge in [0.15, 0.2) is 23.0 Å². The first-order valence-corrected chi connectivity index (χ1v) is 10.6. The van der Waals surface area contributed by atoms with Crippen LogP contribution in [-0.2, 0) is 19.1 Å². The van der Waals surface area contributed by atoms with Gasteiger partial charge in [0.2, 0.25) is 18.3 Å². The van der Waals surface area contributed by atoms with Gasteiger partial charge in [0.05, 0.1) is 33.9 Å². The molecule has 34 heavy (non-hydrogen) atoms. The fraction of sp³-hybridized carbons (Fsp3) is 0.417. The quantitative estimate of drug-likeness (QED) is 0.572. The highest BCUT2D eigenvalue weighted by Crippen LogP contribution is 2.50. The van der Waals surface area contributed by atoms with Crippen LogP contribution in [0.25, 0.3) is 0 Å². The van der Waals surface area contributed by atoms with Crippen LogP contribution in [0.5, 0.6) is 34.5 Å². The van der Waals surface area contributed by atoms with E-state index < -0.39 is 29.7 Å². The van der Waals surface area contributed by atoms with Crippen molar-refractivity contribution in [2.24, 2.45) is 11.8 Å². The molecule has 1 N–H and O–H groups in total. The lowest BCUT2D eigenvalue weighted by Gasteiger charge is -2.28. The largest absolute Gasteiger partial charge is 0.502 e. The van der Waals surface area contributed by atoms with E-state index in [9.17, 15) is 14.7 Å². The SMILES string of the molecule is COc1cc([C@@H](c2cc(OC)c3c(c2)OCO3)[C@H]2COC(=O)[C@@H]2COC(C)=O)cc(OC)c1O. The summed E-state index contributed by atoms with van der Waals surface area (Å²) < 4.78 is 37.9. The van der Waals surface area contributed by atoms with E-state index in [1.54, 1.807) is 18.2 Å². The van der Waals surface area contributed by atoms with Crippen LogP contribution >= 0.6 is 0 Å². The van der Waals surface area contributed by atoms with Gasteiger partial charge >= 0.3 is 11.9 Å². The molecule has 0 bridgehead atoms. The summed E-state index contributed by atoms with van der Waals surface area (Å²) in [4.78, 5) is 24.1. The first-order valence-electron chi connectivity index (χ1n) is 10.6. The number of aromatic hydroxyl groups is 1. The van der Waals surface area contributed by atoms with Crippen molar-refractivity contribution in [3.63, 3.8) is 0 Å². The summed E-state index contributed by atoms with van der Waals surface area (Å²) >= 11 is 0. The van der Waals surface area contributed by atoms with Gasteiger partial charge in [-0.1, -0.05) is 0 Å². The van der Waals surface area contributed by atoms with Crippen LogP contribution in [0.15, 0.2) is 24.3 Å². The van der Waals surface area contributed by atoms with Crippen molar-refractivity contribution in [2.75, 3.05) is 41.3 Å². The fourth-order valence-corrected chi connectivity index (χ4v) is 4.41. The summed E-state index contributed by atoms with van der Waals surface area (Å²) in [7, 11) is 4.39. The normalized spacial score (nSPS) is 19.4. The second-order valence-electron chi connectivity index (χ2n) is 7.91. The molecule has 2 aliphatic rings. The third-order valence-electron chi connectivity index (χ3n) is 6.03. The van der Waals surface area contributed by atoms with E-state index in [4.69, 9.17) is 33.2 Å². The van der Waals surface area contributed by atoms with E-state index in [1.807, 2.05) is 6.07 Å². The van der Waals surface area contributed by atoms with Crippen LogP contribution in [0.3, 0.4) is 0 Å². The van der Waals surface area contributed by atoms with Gasteiger partial charge < -0.3 is 38.3 Å². The van der Waals surface area contributed by atoms with E-state index in [0.717, 1.165) is 5.56 Å². The molecular weight excluding hydrogens is 448 g/mol. The summed E-state index contributed by atoms with van der Waals surface area (Å²) in [5.74, 6) is -0.844. The Bertz CT molecular complexity index is 1060. The number of cyclic esters (lactones) is 1. The minimum absolute atomic E-state index is 0.0563. The zero-order valence-electron chi connectivity index (χ0n) is 19.3. The van der Waals surface area contributed by atoms with Gasteiger partial charge in [-0.05, 0) is 35.4 Å². The van der Waals surface area contributed by atoms with Gasteiger partial charge in [-0.15, -0.1) is 0 Å². The number of hydrogen-bond acceptors (Lipinski definition) is 10. The number of fused-ring (bicyclic) bond motifs is 1. The molecule has 0 radical (unpaired) electrons. The van der Waals surface area contributed by atoms with Crippen molar-refractivity contribution in [3.05, 3.63) is 35.4 Å². The molecule has 182 valence electrons. The number of methoxy groups -OCH3 is 3. The highest BCUT2D eigenvalue weighted by molar-refractivity contribution is 5.76. The zero-order chi connectivity index (χ0) is 24.4. The minimum Gasteiger partial charge on any atom is -0.502 e. The molecule has 3 atom stereocenters. The Morgan fingerprint density at radius 3 is 2.24 bits per heavy atom. The average molecular weight is 474 g/mol. The van der Waals surface area contributed by atoms with Crippen LogP contribution in [0.1, 0.15) is 24.0 Å². The molecule has 2 heterocycles. The molecule has 2 aromatic rings. The number of ether oxygens (including phenoxy) is 7. The zero-order valence-corrected chi connectivity index (χ0v) is 19.3. The van der Waals surface area contributed by atoms with E-state index >= 15 is 0 Å². The Morgan fingerprint density at radius 2 is 1.62 bits per heavy atom. The summed E-state index contributed by atoms with van der Waals surface area (Å²) in [5.41, 5.74) is 1.43. The van der Waals surface area contributed by atoms with Gasteiger partial charge in [0.1, 0.15) is 6.61 Å². The van der Waals surface area contributed by atoms with Crippen LogP contribution in [0, 0.1) is 11.8 Å². The van der Waals surface area contributed by atoms with Crippen molar-refractivity contribution in [2.45, 2.75) is 12.8 Å². The third kappa shape index (κ3) is 4.23. The maximum atomic E-state index is 12.6. The molecule has 10 heteroatoms. The number of carbonyl (C=O) groups is 2. The molecule has 2 aromatic carbocycles. The first-order chi connectivity index (χ1) is 16.4. The van der Waals surface area contributed by atoms with Gasteiger partial charge in [-0.2, -0.15) is 0 Å². The standard InChI is InChI=1S/C24H26O10/c1-12(25)31-10-16-15(9-32-24(16)27)21(13-5-17(28-2)22(26)18(6-13)29-3)14-7-19(30-4)23-20(8-14)33-11-34-23/h5-8,15-16,21,26H,9-11H2,1-4H3/t15-,16+,21-/m0/s1. The summed E-state index contributed by atoms with van der Waals surface area (Å²) in [6.45, 7) is 1.31. The van der Waals surface area contributed by atoms with Gasteiger partial charge in [0, 0.05) is 18.8 Å². The lowest BCUT2D eigenvalue weighted by Crippen LogP contribution is -2.28. The molecular formula is C24H26O10. The predicted octanol–water partition coefficient (Wildman–Crippen LogP) is 2.63. The number of carbonyl (C=O) groups excluding carboxylic acids is 2. The molecule has 2 aliphatic heterocycles. The molecule has 0 spiro atoms. The molecule has 10 nitrogen and oxygen atoms in total. The number of rotatable bonds is 8. The molecule has 0 aromatic heterocycles. The molecule has 4 rings (SSSR count). The third-order valence-corrected chi connectivity index (χ3v) is 6.03. The number of esters is 2. The molecule has 0 aliphatic carbocycles.